The van der Waals surface area contributed by atoms with Gasteiger partial charge < -0.3 is 20.9 Å². The number of hydrogen-bond donors (Lipinski definition) is 0. The summed E-state index contributed by atoms with van der Waals surface area (Å²) >= 11 is -3.29. The van der Waals surface area contributed by atoms with Crippen LogP contribution in [0.4, 0.5) is 5.69 Å². The first-order chi connectivity index (χ1) is 13.6. The van der Waals surface area contributed by atoms with Crippen molar-refractivity contribution >= 4 is 89.1 Å². The Morgan fingerprint density at radius 1 is 0.714 bits per heavy atom. The van der Waals surface area contributed by atoms with Crippen LogP contribution in [-0.2, 0) is 0 Å². The molecule has 0 radical (unpaired) electrons. The van der Waals surface area contributed by atoms with Gasteiger partial charge in [-0.25, -0.2) is 0 Å². The smallest absolute Gasteiger partial charge is 0.399 e. The summed E-state index contributed by atoms with van der Waals surface area (Å²) in [6.07, 6.45) is 0. The Bertz CT molecular complexity index is 539. The van der Waals surface area contributed by atoms with Crippen LogP contribution in [0.2, 0.25) is 41.1 Å². The van der Waals surface area contributed by atoms with Crippen molar-refractivity contribution in [3.8, 4) is 0 Å². The SMILES string of the molecule is C[CH2][Al]1[CH2][CH2][Al]([CH2]C)[S][Al]([CH2]C)[CH2][Al]([CH2]C)[N](c2ccccc2)[CH2][Al]([CH2]C)[S]1. The molecule has 28 heavy (non-hydrogen) atoms. The van der Waals surface area contributed by atoms with Crippen LogP contribution < -0.4 is 3.88 Å². The number of hydrogen-bond acceptors (Lipinski definition) is 3. The minimum absolute atomic E-state index is 0.534. The van der Waals surface area contributed by atoms with Crippen LogP contribution in [0.25, 0.3) is 0 Å². The van der Waals surface area contributed by atoms with E-state index >= 15 is 0 Å². The molecule has 0 aliphatic carbocycles. The fourth-order valence-corrected chi connectivity index (χ4v) is 56.8. The van der Waals surface area contributed by atoms with Crippen molar-refractivity contribution in [3.05, 3.63) is 30.3 Å². The third-order valence-electron chi connectivity index (χ3n) is 6.34. The van der Waals surface area contributed by atoms with Crippen molar-refractivity contribution in [2.45, 2.75) is 75.7 Å². The Labute approximate surface area is 202 Å². The lowest BCUT2D eigenvalue weighted by molar-refractivity contribution is 1.16. The largest absolute Gasteiger partial charge is 0.474 e. The summed E-state index contributed by atoms with van der Waals surface area (Å²) in [5, 5.41) is 12.3. The topological polar surface area (TPSA) is 3.24 Å². The average molecular weight is 492 g/mol. The molecule has 1 aromatic carbocycles. The van der Waals surface area contributed by atoms with Gasteiger partial charge in [0.15, 0.2) is 0 Å². The quantitative estimate of drug-likeness (QED) is 0.391. The first-order valence-electron chi connectivity index (χ1n) is 11.8. The van der Waals surface area contributed by atoms with Crippen LogP contribution in [0.5, 0.6) is 0 Å². The van der Waals surface area contributed by atoms with Gasteiger partial charge in [-0.2, -0.15) is 0 Å². The molecule has 0 amide bonds. The second-order valence-electron chi connectivity index (χ2n) is 8.26. The molecular weight excluding hydrogens is 453 g/mol. The highest BCUT2D eigenvalue weighted by Crippen LogP contribution is 2.33. The molecule has 0 N–H and O–H groups in total. The van der Waals surface area contributed by atoms with Gasteiger partial charge in [-0.1, -0.05) is 89.8 Å². The molecule has 0 bridgehead atoms. The standard InChI is InChI=1S/C7H7N.5C2H5.C2H4.CH2.5Al.2S/c1-8-7-5-3-2-4-6-7;6*1-2;;;;;;;;/h2-6H,1H2;5*1H2,2H3;1-2H2;1H2;;;;;;;/q-1;;;;;;;;;;;;+1;;. The molecule has 0 saturated carbocycles. The minimum Gasteiger partial charge on any atom is -0.474 e. The molecule has 0 unspecified atom stereocenters. The number of para-hydroxylation sites is 1. The van der Waals surface area contributed by atoms with Crippen LogP contribution in [0.3, 0.4) is 0 Å². The molecule has 2 rings (SSSR count). The Morgan fingerprint density at radius 2 is 1.25 bits per heavy atom. The minimum atomic E-state index is -0.867. The van der Waals surface area contributed by atoms with Crippen molar-refractivity contribution in [1.29, 1.82) is 0 Å². The molecule has 0 aromatic heterocycles. The van der Waals surface area contributed by atoms with E-state index in [-0.39, 0.29) is 0 Å². The van der Waals surface area contributed by atoms with E-state index in [2.05, 4.69) is 85.8 Å². The maximum Gasteiger partial charge on any atom is 0.399 e. The molecule has 1 fully saturated rings. The summed E-state index contributed by atoms with van der Waals surface area (Å²) in [6, 6.07) is 11.6. The van der Waals surface area contributed by atoms with Gasteiger partial charge in [0.1, 0.15) is 0 Å². The summed E-state index contributed by atoms with van der Waals surface area (Å²) in [4.78, 5) is 0. The summed E-state index contributed by atoms with van der Waals surface area (Å²) in [5.74, 6) is 0. The third kappa shape index (κ3) is 8.73. The number of anilines is 1. The van der Waals surface area contributed by atoms with Crippen molar-refractivity contribution in [3.63, 3.8) is 0 Å². The molecule has 1 aromatic rings. The molecule has 0 atom stereocenters. The molecular formula is C20H38Al5NS2. The van der Waals surface area contributed by atoms with Gasteiger partial charge >= 0.3 is 66.4 Å². The van der Waals surface area contributed by atoms with E-state index < -0.39 is 66.4 Å². The van der Waals surface area contributed by atoms with E-state index in [0.29, 0.717) is 0 Å². The Balaban J connectivity index is 2.33. The zero-order chi connectivity index (χ0) is 20.4. The van der Waals surface area contributed by atoms with Crippen LogP contribution >= 0.6 is 17.0 Å². The summed E-state index contributed by atoms with van der Waals surface area (Å²) in [5.41, 5.74) is 1.57. The van der Waals surface area contributed by atoms with Gasteiger partial charge in [-0.05, 0) is 17.5 Å². The van der Waals surface area contributed by atoms with Gasteiger partial charge in [-0.3, -0.25) is 0 Å². The average Bonchev–Trinajstić information content (AvgIpc) is 2.74. The molecule has 1 aliphatic rings. The Kier molecular flexibility index (Phi) is 14.5. The second-order valence-corrected chi connectivity index (χ2v) is 37.7. The Morgan fingerprint density at radius 3 is 1.75 bits per heavy atom. The summed E-state index contributed by atoms with van der Waals surface area (Å²) in [6.45, 7) is 12.6. The second kappa shape index (κ2) is 15.3. The lowest BCUT2D eigenvalue weighted by Gasteiger charge is -2.35. The maximum atomic E-state index is 3.04. The fraction of sp³-hybridized carbons (Fsp3) is 0.700. The molecule has 1 heterocycles. The monoisotopic (exact) mass is 491 g/mol. The van der Waals surface area contributed by atoms with E-state index in [4.69, 9.17) is 0 Å². The van der Waals surface area contributed by atoms with E-state index in [0.717, 1.165) is 0 Å². The molecule has 8 heteroatoms. The lowest BCUT2D eigenvalue weighted by Crippen LogP contribution is -2.47. The van der Waals surface area contributed by atoms with Crippen molar-refractivity contribution in [2.24, 2.45) is 0 Å². The number of benzene rings is 1. The van der Waals surface area contributed by atoms with Crippen molar-refractivity contribution < 1.29 is 0 Å². The predicted molar refractivity (Wildman–Crippen MR) is 145 cm³/mol. The van der Waals surface area contributed by atoms with E-state index in [1.807, 2.05) is 0 Å². The molecule has 1 nitrogen and oxygen atoms in total. The van der Waals surface area contributed by atoms with Gasteiger partial charge in [0.25, 0.3) is 0 Å². The predicted octanol–water partition coefficient (Wildman–Crippen LogP) is 7.11. The maximum absolute atomic E-state index is 3.04. The van der Waals surface area contributed by atoms with E-state index in [1.54, 1.807) is 25.7 Å². The van der Waals surface area contributed by atoms with Crippen molar-refractivity contribution in [1.82, 2.24) is 0 Å². The molecule has 0 spiro atoms. The zero-order valence-corrected chi connectivity index (χ0v) is 26.3. The van der Waals surface area contributed by atoms with Gasteiger partial charge in [-0.15, -0.1) is 4.14 Å². The van der Waals surface area contributed by atoms with Crippen molar-refractivity contribution in [2.75, 3.05) is 9.29 Å². The molecule has 1 saturated heterocycles. The summed E-state index contributed by atoms with van der Waals surface area (Å²) < 4.78 is 4.70. The number of nitrogens with zero attached hydrogens (tertiary/aromatic N) is 1. The first kappa shape index (κ1) is 26.6. The van der Waals surface area contributed by atoms with Crippen LogP contribution in [0.15, 0.2) is 30.3 Å². The molecule has 1 aliphatic heterocycles. The van der Waals surface area contributed by atoms with Crippen LogP contribution in [0.1, 0.15) is 34.6 Å². The molecule has 150 valence electrons. The van der Waals surface area contributed by atoms with Gasteiger partial charge in [0.2, 0.25) is 0 Å². The van der Waals surface area contributed by atoms with Gasteiger partial charge in [0.05, 0.1) is 0 Å². The highest BCUT2D eigenvalue weighted by atomic mass is 32.4. The Hall–Kier alpha value is 2.38. The van der Waals surface area contributed by atoms with E-state index in [9.17, 15) is 0 Å². The van der Waals surface area contributed by atoms with Crippen LogP contribution in [0, 0.1) is 0 Å². The van der Waals surface area contributed by atoms with E-state index in [1.165, 1.54) is 26.5 Å². The fourth-order valence-electron chi connectivity index (χ4n) is 4.36. The first-order valence-corrected chi connectivity index (χ1v) is 28.0. The van der Waals surface area contributed by atoms with Crippen LogP contribution in [-0.4, -0.2) is 71.8 Å². The van der Waals surface area contributed by atoms with Gasteiger partial charge in [0, 0.05) is 5.69 Å². The highest BCUT2D eigenvalue weighted by molar-refractivity contribution is 8.46. The number of rotatable bonds is 6. The third-order valence-corrected chi connectivity index (χ3v) is 48.0. The lowest BCUT2D eigenvalue weighted by atomic mass is 10.3. The summed E-state index contributed by atoms with van der Waals surface area (Å²) in [7, 11) is 5.27. The zero-order valence-electron chi connectivity index (χ0n) is 18.9. The normalized spacial score (nSPS) is 17.6. The highest BCUT2D eigenvalue weighted by Gasteiger charge is 2.37.